The number of para-hydroxylation sites is 1. The number of cyclic esters (lactones) is 2. The number of carbonyl (C=O) groups is 2. The quantitative estimate of drug-likeness (QED) is 0.512. The zero-order valence-electron chi connectivity index (χ0n) is 10.4. The van der Waals surface area contributed by atoms with Crippen molar-refractivity contribution in [3.05, 3.63) is 41.1 Å². The van der Waals surface area contributed by atoms with Crippen LogP contribution in [0, 0.1) is 0 Å². The van der Waals surface area contributed by atoms with Crippen LogP contribution in [0.1, 0.15) is 13.8 Å². The van der Waals surface area contributed by atoms with Crippen molar-refractivity contribution in [2.24, 2.45) is 0 Å². The van der Waals surface area contributed by atoms with Crippen LogP contribution in [0.2, 0.25) is 5.02 Å². The number of ether oxygens (including phenoxy) is 2. The summed E-state index contributed by atoms with van der Waals surface area (Å²) >= 11 is 5.94. The molecule has 2 rings (SSSR count). The largest absolute Gasteiger partial charge is 0.419 e. The number of halogens is 1. The molecule has 1 saturated heterocycles. The number of hydrogen-bond acceptors (Lipinski definition) is 5. The van der Waals surface area contributed by atoms with Crippen molar-refractivity contribution in [3.63, 3.8) is 0 Å². The van der Waals surface area contributed by atoms with E-state index in [1.807, 2.05) is 0 Å². The molecule has 0 spiro atoms. The highest BCUT2D eigenvalue weighted by Gasteiger charge is 2.38. The third-order valence-electron chi connectivity index (χ3n) is 2.36. The summed E-state index contributed by atoms with van der Waals surface area (Å²) in [6, 6.07) is 6.94. The van der Waals surface area contributed by atoms with Crippen LogP contribution in [0.25, 0.3) is 0 Å². The predicted octanol–water partition coefficient (Wildman–Crippen LogP) is 2.47. The molecule has 0 saturated carbocycles. The summed E-state index contributed by atoms with van der Waals surface area (Å²) in [5.41, 5.74) is 0.362. The third-order valence-corrected chi connectivity index (χ3v) is 2.69. The second kappa shape index (κ2) is 4.93. The molecule has 1 heterocycles. The molecule has 5 nitrogen and oxygen atoms in total. The number of carbonyl (C=O) groups excluding carboxylic acids is 2. The molecule has 6 heteroatoms. The molecule has 1 aliphatic heterocycles. The molecule has 0 aromatic heterocycles. The van der Waals surface area contributed by atoms with Gasteiger partial charge in [-0.25, -0.2) is 9.59 Å². The van der Waals surface area contributed by atoms with E-state index in [0.717, 1.165) is 0 Å². The fourth-order valence-corrected chi connectivity index (χ4v) is 1.70. The summed E-state index contributed by atoms with van der Waals surface area (Å²) in [5, 5.41) is 3.24. The topological polar surface area (TPSA) is 64.6 Å². The van der Waals surface area contributed by atoms with Crippen LogP contribution in [-0.4, -0.2) is 17.7 Å². The Labute approximate surface area is 115 Å². The van der Waals surface area contributed by atoms with Gasteiger partial charge in [0.25, 0.3) is 5.79 Å². The van der Waals surface area contributed by atoms with Crippen LogP contribution >= 0.6 is 11.6 Å². The first-order valence-corrected chi connectivity index (χ1v) is 5.95. The number of benzene rings is 1. The highest BCUT2D eigenvalue weighted by molar-refractivity contribution is 6.33. The Kier molecular flexibility index (Phi) is 3.48. The summed E-state index contributed by atoms with van der Waals surface area (Å²) in [7, 11) is 0. The number of anilines is 1. The lowest BCUT2D eigenvalue weighted by Crippen LogP contribution is -2.42. The van der Waals surface area contributed by atoms with E-state index in [1.165, 1.54) is 20.0 Å². The molecule has 0 radical (unpaired) electrons. The molecule has 1 aromatic rings. The Balaban J connectivity index is 2.18. The summed E-state index contributed by atoms with van der Waals surface area (Å²) in [4.78, 5) is 23.3. The van der Waals surface area contributed by atoms with Crippen molar-refractivity contribution in [2.45, 2.75) is 19.6 Å². The zero-order valence-corrected chi connectivity index (χ0v) is 11.2. The lowest BCUT2D eigenvalue weighted by atomic mass is 10.2. The average Bonchev–Trinajstić information content (AvgIpc) is 2.28. The fraction of sp³-hybridized carbons (Fsp3) is 0.231. The minimum absolute atomic E-state index is 0.209. The van der Waals surface area contributed by atoms with Crippen LogP contribution in [0.3, 0.4) is 0 Å². The van der Waals surface area contributed by atoms with Gasteiger partial charge in [0.05, 0.1) is 10.7 Å². The third kappa shape index (κ3) is 3.06. The maximum absolute atomic E-state index is 11.7. The maximum Gasteiger partial charge on any atom is 0.350 e. The summed E-state index contributed by atoms with van der Waals surface area (Å²) in [6.45, 7) is 2.97. The Hall–Kier alpha value is -2.01. The Bertz CT molecular complexity index is 544. The van der Waals surface area contributed by atoms with Crippen LogP contribution in [0.5, 0.6) is 0 Å². The Morgan fingerprint density at radius 2 is 1.74 bits per heavy atom. The number of esters is 2. The van der Waals surface area contributed by atoms with Crippen LogP contribution in [0.4, 0.5) is 5.69 Å². The SMILES string of the molecule is CC1(C)OC(=O)C(=CNc2ccccc2Cl)C(=O)O1. The standard InChI is InChI=1S/C13H12ClNO4/c1-13(2)18-11(16)8(12(17)19-13)7-15-10-6-4-3-5-9(10)14/h3-7,15H,1-2H3. The van der Waals surface area contributed by atoms with E-state index in [1.54, 1.807) is 24.3 Å². The summed E-state index contributed by atoms with van der Waals surface area (Å²) in [6.07, 6.45) is 1.22. The van der Waals surface area contributed by atoms with Crippen molar-refractivity contribution < 1.29 is 19.1 Å². The first-order valence-electron chi connectivity index (χ1n) is 5.57. The van der Waals surface area contributed by atoms with Crippen molar-refractivity contribution in [2.75, 3.05) is 5.32 Å². The highest BCUT2D eigenvalue weighted by Crippen LogP contribution is 2.24. The molecule has 0 atom stereocenters. The molecular weight excluding hydrogens is 270 g/mol. The van der Waals surface area contributed by atoms with Gasteiger partial charge in [-0.15, -0.1) is 0 Å². The molecule has 0 amide bonds. The molecule has 0 aliphatic carbocycles. The minimum Gasteiger partial charge on any atom is -0.419 e. The first kappa shape index (κ1) is 13.4. The van der Waals surface area contributed by atoms with Crippen molar-refractivity contribution in [3.8, 4) is 0 Å². The predicted molar refractivity (Wildman–Crippen MR) is 69.4 cm³/mol. The molecule has 100 valence electrons. The van der Waals surface area contributed by atoms with Crippen LogP contribution in [0.15, 0.2) is 36.0 Å². The van der Waals surface area contributed by atoms with E-state index in [0.29, 0.717) is 10.7 Å². The van der Waals surface area contributed by atoms with Crippen LogP contribution < -0.4 is 5.32 Å². The number of nitrogens with one attached hydrogen (secondary N) is 1. The molecule has 0 bridgehead atoms. The van der Waals surface area contributed by atoms with Gasteiger partial charge in [0.1, 0.15) is 0 Å². The smallest absolute Gasteiger partial charge is 0.350 e. The number of rotatable bonds is 2. The van der Waals surface area contributed by atoms with Crippen LogP contribution in [-0.2, 0) is 19.1 Å². The maximum atomic E-state index is 11.7. The average molecular weight is 282 g/mol. The second-order valence-corrected chi connectivity index (χ2v) is 4.77. The Morgan fingerprint density at radius 3 is 2.32 bits per heavy atom. The normalized spacial score (nSPS) is 17.5. The lowest BCUT2D eigenvalue weighted by molar-refractivity contribution is -0.222. The van der Waals surface area contributed by atoms with Gasteiger partial charge in [0.15, 0.2) is 5.57 Å². The highest BCUT2D eigenvalue weighted by atomic mass is 35.5. The Morgan fingerprint density at radius 1 is 1.16 bits per heavy atom. The van der Waals surface area contributed by atoms with E-state index in [-0.39, 0.29) is 5.57 Å². The molecule has 1 N–H and O–H groups in total. The van der Waals surface area contributed by atoms with E-state index < -0.39 is 17.7 Å². The second-order valence-electron chi connectivity index (χ2n) is 4.36. The van der Waals surface area contributed by atoms with Gasteiger partial charge < -0.3 is 14.8 Å². The van der Waals surface area contributed by atoms with E-state index in [9.17, 15) is 9.59 Å². The van der Waals surface area contributed by atoms with Gasteiger partial charge in [-0.2, -0.15) is 0 Å². The van der Waals surface area contributed by atoms with Crippen molar-refractivity contribution in [1.29, 1.82) is 0 Å². The minimum atomic E-state index is -1.24. The zero-order chi connectivity index (χ0) is 14.0. The molecule has 19 heavy (non-hydrogen) atoms. The molecule has 1 fully saturated rings. The first-order chi connectivity index (χ1) is 8.89. The lowest BCUT2D eigenvalue weighted by Gasteiger charge is -2.29. The van der Waals surface area contributed by atoms with E-state index >= 15 is 0 Å². The van der Waals surface area contributed by atoms with Gasteiger partial charge >= 0.3 is 11.9 Å². The number of hydrogen-bond donors (Lipinski definition) is 1. The molecule has 1 aliphatic rings. The van der Waals surface area contributed by atoms with Gasteiger partial charge in [0, 0.05) is 20.0 Å². The molecule has 0 unspecified atom stereocenters. The van der Waals surface area contributed by atoms with Crippen molar-refractivity contribution in [1.82, 2.24) is 0 Å². The monoisotopic (exact) mass is 281 g/mol. The van der Waals surface area contributed by atoms with E-state index in [4.69, 9.17) is 21.1 Å². The summed E-state index contributed by atoms with van der Waals surface area (Å²) < 4.78 is 9.90. The van der Waals surface area contributed by atoms with Gasteiger partial charge in [-0.3, -0.25) is 0 Å². The van der Waals surface area contributed by atoms with Crippen molar-refractivity contribution >= 4 is 29.2 Å². The summed E-state index contributed by atoms with van der Waals surface area (Å²) in [5.74, 6) is -2.71. The van der Waals surface area contributed by atoms with Gasteiger partial charge in [-0.05, 0) is 12.1 Å². The van der Waals surface area contributed by atoms with E-state index in [2.05, 4.69) is 5.32 Å². The van der Waals surface area contributed by atoms with Gasteiger partial charge in [-0.1, -0.05) is 23.7 Å². The van der Waals surface area contributed by atoms with Gasteiger partial charge in [0.2, 0.25) is 0 Å². The molecular formula is C13H12ClNO4. The molecule has 1 aromatic carbocycles. The fourth-order valence-electron chi connectivity index (χ4n) is 1.51.